The maximum atomic E-state index is 12.4. The summed E-state index contributed by atoms with van der Waals surface area (Å²) in [5.74, 6) is -0.314. The lowest BCUT2D eigenvalue weighted by molar-refractivity contribution is 0.0764. The van der Waals surface area contributed by atoms with Crippen LogP contribution in [-0.2, 0) is 10.0 Å². The highest BCUT2D eigenvalue weighted by Crippen LogP contribution is 2.30. The zero-order valence-electron chi connectivity index (χ0n) is 11.2. The number of halogens is 2. The van der Waals surface area contributed by atoms with Gasteiger partial charge in [0.25, 0.3) is 5.91 Å². The van der Waals surface area contributed by atoms with E-state index in [2.05, 4.69) is 15.9 Å². The number of hydrogen-bond donors (Lipinski definition) is 1. The third-order valence-electron chi connectivity index (χ3n) is 2.72. The van der Waals surface area contributed by atoms with Crippen LogP contribution in [0.15, 0.2) is 21.5 Å². The van der Waals surface area contributed by atoms with Crippen LogP contribution in [0.2, 0.25) is 5.02 Å². The number of benzene rings is 1. The van der Waals surface area contributed by atoms with Crippen molar-refractivity contribution in [2.45, 2.75) is 25.2 Å². The topological polar surface area (TPSA) is 80.5 Å². The number of rotatable bonds is 5. The second-order valence-electron chi connectivity index (χ2n) is 4.20. The molecule has 0 aliphatic carbocycles. The molecule has 1 amide bonds. The molecule has 5 nitrogen and oxygen atoms in total. The molecule has 1 rings (SSSR count). The Morgan fingerprint density at radius 3 is 2.45 bits per heavy atom. The van der Waals surface area contributed by atoms with Crippen molar-refractivity contribution in [2.75, 3.05) is 13.1 Å². The number of primary sulfonamides is 1. The predicted octanol–water partition coefficient (Wildman–Crippen LogP) is 2.62. The molecule has 2 N–H and O–H groups in total. The molecule has 0 spiro atoms. The van der Waals surface area contributed by atoms with Crippen molar-refractivity contribution < 1.29 is 13.2 Å². The first kappa shape index (κ1) is 17.4. The molecule has 0 radical (unpaired) electrons. The third-order valence-corrected chi connectivity index (χ3v) is 4.88. The Kier molecular flexibility index (Phi) is 6.00. The van der Waals surface area contributed by atoms with E-state index in [1.165, 1.54) is 12.1 Å². The van der Waals surface area contributed by atoms with E-state index in [4.69, 9.17) is 16.7 Å². The van der Waals surface area contributed by atoms with Crippen LogP contribution in [0.1, 0.15) is 30.6 Å². The minimum Gasteiger partial charge on any atom is -0.339 e. The Bertz CT molecular complexity index is 619. The predicted molar refractivity (Wildman–Crippen MR) is 82.4 cm³/mol. The van der Waals surface area contributed by atoms with Gasteiger partial charge >= 0.3 is 0 Å². The van der Waals surface area contributed by atoms with E-state index in [9.17, 15) is 13.2 Å². The standard InChI is InChI=1S/C12H16BrClN2O3S/c1-3-5-16(4-2)12(17)9-6-8(20(15,18)19)7-10(13)11(9)14/h6-7H,3-5H2,1-2H3,(H2,15,18,19). The first-order chi connectivity index (χ1) is 9.22. The summed E-state index contributed by atoms with van der Waals surface area (Å²) in [5.41, 5.74) is 0.125. The molecule has 20 heavy (non-hydrogen) atoms. The highest BCUT2D eigenvalue weighted by atomic mass is 79.9. The molecule has 0 bridgehead atoms. The van der Waals surface area contributed by atoms with Gasteiger partial charge in [0.15, 0.2) is 0 Å². The van der Waals surface area contributed by atoms with Crippen LogP contribution in [0.3, 0.4) is 0 Å². The average molecular weight is 384 g/mol. The fourth-order valence-corrected chi connectivity index (χ4v) is 3.09. The fraction of sp³-hybridized carbons (Fsp3) is 0.417. The van der Waals surface area contributed by atoms with Gasteiger partial charge in [0.2, 0.25) is 10.0 Å². The van der Waals surface area contributed by atoms with Gasteiger partial charge in [0, 0.05) is 17.6 Å². The van der Waals surface area contributed by atoms with Crippen molar-refractivity contribution >= 4 is 43.5 Å². The van der Waals surface area contributed by atoms with Crippen LogP contribution < -0.4 is 5.14 Å². The first-order valence-corrected chi connectivity index (χ1v) is 8.75. The first-order valence-electron chi connectivity index (χ1n) is 6.03. The highest BCUT2D eigenvalue weighted by molar-refractivity contribution is 9.10. The maximum absolute atomic E-state index is 12.4. The van der Waals surface area contributed by atoms with E-state index in [1.54, 1.807) is 4.90 Å². The maximum Gasteiger partial charge on any atom is 0.255 e. The lowest BCUT2D eigenvalue weighted by Gasteiger charge is -2.21. The van der Waals surface area contributed by atoms with Crippen LogP contribution in [0.4, 0.5) is 0 Å². The van der Waals surface area contributed by atoms with Crippen LogP contribution in [0, 0.1) is 0 Å². The van der Waals surface area contributed by atoms with Crippen LogP contribution >= 0.6 is 27.5 Å². The third kappa shape index (κ3) is 3.94. The molecule has 0 fully saturated rings. The van der Waals surface area contributed by atoms with Crippen molar-refractivity contribution in [1.29, 1.82) is 0 Å². The molecule has 0 atom stereocenters. The van der Waals surface area contributed by atoms with E-state index < -0.39 is 10.0 Å². The van der Waals surface area contributed by atoms with E-state index in [1.807, 2.05) is 13.8 Å². The van der Waals surface area contributed by atoms with E-state index in [0.29, 0.717) is 17.6 Å². The molecule has 0 aliphatic heterocycles. The lowest BCUT2D eigenvalue weighted by atomic mass is 10.2. The molecule has 1 aromatic carbocycles. The minimum atomic E-state index is -3.90. The van der Waals surface area contributed by atoms with Gasteiger partial charge in [0.1, 0.15) is 0 Å². The second-order valence-corrected chi connectivity index (χ2v) is 6.99. The molecule has 0 aromatic heterocycles. The van der Waals surface area contributed by atoms with Crippen LogP contribution in [0.25, 0.3) is 0 Å². The highest BCUT2D eigenvalue weighted by Gasteiger charge is 2.21. The molecule has 0 unspecified atom stereocenters. The monoisotopic (exact) mass is 382 g/mol. The number of nitrogens with two attached hydrogens (primary N) is 1. The van der Waals surface area contributed by atoms with Gasteiger partial charge in [0.05, 0.1) is 15.5 Å². The number of carbonyl (C=O) groups is 1. The van der Waals surface area contributed by atoms with E-state index in [-0.39, 0.29) is 21.4 Å². The Morgan fingerprint density at radius 2 is 2.00 bits per heavy atom. The van der Waals surface area contributed by atoms with E-state index in [0.717, 1.165) is 6.42 Å². The lowest BCUT2D eigenvalue weighted by Crippen LogP contribution is -2.32. The largest absolute Gasteiger partial charge is 0.339 e. The fourth-order valence-electron chi connectivity index (χ4n) is 1.73. The number of amides is 1. The van der Waals surface area contributed by atoms with Crippen LogP contribution in [-0.4, -0.2) is 32.3 Å². The van der Waals surface area contributed by atoms with Crippen molar-refractivity contribution in [3.05, 3.63) is 27.2 Å². The summed E-state index contributed by atoms with van der Waals surface area (Å²) >= 11 is 9.23. The zero-order valence-corrected chi connectivity index (χ0v) is 14.3. The van der Waals surface area contributed by atoms with Gasteiger partial charge in [-0.2, -0.15) is 0 Å². The Balaban J connectivity index is 3.37. The smallest absolute Gasteiger partial charge is 0.255 e. The van der Waals surface area contributed by atoms with Gasteiger partial charge in [-0.15, -0.1) is 0 Å². The number of hydrogen-bond acceptors (Lipinski definition) is 3. The van der Waals surface area contributed by atoms with Gasteiger partial charge < -0.3 is 4.90 Å². The van der Waals surface area contributed by atoms with Crippen molar-refractivity contribution in [1.82, 2.24) is 4.90 Å². The SMILES string of the molecule is CCCN(CC)C(=O)c1cc(S(N)(=O)=O)cc(Br)c1Cl. The van der Waals surface area contributed by atoms with Crippen molar-refractivity contribution in [3.63, 3.8) is 0 Å². The van der Waals surface area contributed by atoms with Crippen molar-refractivity contribution in [2.24, 2.45) is 5.14 Å². The van der Waals surface area contributed by atoms with Gasteiger partial charge in [-0.3, -0.25) is 4.79 Å². The minimum absolute atomic E-state index is 0.125. The summed E-state index contributed by atoms with van der Waals surface area (Å²) < 4.78 is 23.2. The van der Waals surface area contributed by atoms with E-state index >= 15 is 0 Å². The molecule has 8 heteroatoms. The Hall–Kier alpha value is -0.630. The molecular formula is C12H16BrClN2O3S. The van der Waals surface area contributed by atoms with Gasteiger partial charge in [-0.05, 0) is 41.4 Å². The molecular weight excluding hydrogens is 368 g/mol. The summed E-state index contributed by atoms with van der Waals surface area (Å²) in [6, 6.07) is 2.49. The quantitative estimate of drug-likeness (QED) is 0.848. The summed E-state index contributed by atoms with van der Waals surface area (Å²) in [5, 5.41) is 5.27. The summed E-state index contributed by atoms with van der Waals surface area (Å²) in [7, 11) is -3.90. The molecule has 0 aliphatic rings. The van der Waals surface area contributed by atoms with Crippen LogP contribution in [0.5, 0.6) is 0 Å². The number of carbonyl (C=O) groups excluding carboxylic acids is 1. The second kappa shape index (κ2) is 6.89. The number of sulfonamides is 1. The Labute approximate surface area is 132 Å². The van der Waals surface area contributed by atoms with Gasteiger partial charge in [-0.1, -0.05) is 18.5 Å². The average Bonchev–Trinajstić information content (AvgIpc) is 2.37. The molecule has 0 heterocycles. The summed E-state index contributed by atoms with van der Waals surface area (Å²) in [4.78, 5) is 13.9. The molecule has 0 saturated carbocycles. The van der Waals surface area contributed by atoms with Gasteiger partial charge in [-0.25, -0.2) is 13.6 Å². The summed E-state index contributed by atoms with van der Waals surface area (Å²) in [6.45, 7) is 4.89. The zero-order chi connectivity index (χ0) is 15.5. The normalized spacial score (nSPS) is 11.4. The number of nitrogens with zero attached hydrogens (tertiary/aromatic N) is 1. The summed E-state index contributed by atoms with van der Waals surface area (Å²) in [6.07, 6.45) is 0.799. The Morgan fingerprint density at radius 1 is 1.40 bits per heavy atom. The molecule has 1 aromatic rings. The van der Waals surface area contributed by atoms with Crippen molar-refractivity contribution in [3.8, 4) is 0 Å². The molecule has 0 saturated heterocycles. The molecule has 112 valence electrons.